The molecule has 0 amide bonds. The summed E-state index contributed by atoms with van der Waals surface area (Å²) in [7, 11) is 3.85. The maximum absolute atomic E-state index is 12.6. The summed E-state index contributed by atoms with van der Waals surface area (Å²) < 4.78 is 24.9. The summed E-state index contributed by atoms with van der Waals surface area (Å²) >= 11 is 0. The number of Topliss-reactive ketones (excluding diaryl/α,β-unsaturated/α-hetero) is 1. The van der Waals surface area contributed by atoms with E-state index in [-0.39, 0.29) is 29.5 Å². The van der Waals surface area contributed by atoms with E-state index < -0.39 is 12.3 Å². The number of hydrogen-bond donors (Lipinski definition) is 0. The van der Waals surface area contributed by atoms with Gasteiger partial charge in [0.25, 0.3) is 0 Å². The number of methoxy groups -OCH3 is 3. The Morgan fingerprint density at radius 1 is 0.900 bits per heavy atom. The van der Waals surface area contributed by atoms with Crippen molar-refractivity contribution in [1.82, 2.24) is 0 Å². The average Bonchev–Trinajstić information content (AvgIpc) is 2.71. The standard InChI is InChI=1S/C22H24O8/c1-13-7-6-8-15(11-13)20-16(9-10-26-3)19(14(2)23)17(29-21(24)27-4)12-18(20)30-22(25)28-5/h6-8,11-12H,9-10H2,1-5H3. The van der Waals surface area contributed by atoms with Gasteiger partial charge in [0.15, 0.2) is 5.78 Å². The van der Waals surface area contributed by atoms with Crippen LogP contribution in [0.15, 0.2) is 30.3 Å². The molecule has 8 nitrogen and oxygen atoms in total. The molecule has 0 aliphatic carbocycles. The zero-order chi connectivity index (χ0) is 22.3. The highest BCUT2D eigenvalue weighted by Crippen LogP contribution is 2.42. The minimum atomic E-state index is -1.01. The minimum absolute atomic E-state index is 0.0717. The van der Waals surface area contributed by atoms with E-state index in [1.807, 2.05) is 31.2 Å². The number of carbonyl (C=O) groups excluding carboxylic acids is 3. The van der Waals surface area contributed by atoms with Crippen LogP contribution in [0.3, 0.4) is 0 Å². The lowest BCUT2D eigenvalue weighted by atomic mass is 9.89. The summed E-state index contributed by atoms with van der Waals surface area (Å²) in [6.45, 7) is 3.55. The number of carbonyl (C=O) groups is 3. The second-order valence-corrected chi connectivity index (χ2v) is 6.38. The fourth-order valence-electron chi connectivity index (χ4n) is 3.07. The molecule has 2 rings (SSSR count). The normalized spacial score (nSPS) is 10.3. The molecule has 160 valence electrons. The molecule has 0 radical (unpaired) electrons. The van der Waals surface area contributed by atoms with Gasteiger partial charge in [0, 0.05) is 18.7 Å². The van der Waals surface area contributed by atoms with E-state index in [4.69, 9.17) is 14.2 Å². The van der Waals surface area contributed by atoms with Gasteiger partial charge < -0.3 is 23.7 Å². The molecule has 0 aliphatic rings. The Labute approximate surface area is 174 Å². The van der Waals surface area contributed by atoms with E-state index in [0.29, 0.717) is 23.1 Å². The fraction of sp³-hybridized carbons (Fsp3) is 0.318. The SMILES string of the molecule is COCCc1c(C(C)=O)c(OC(=O)OC)cc(OC(=O)OC)c1-c1cccc(C)c1. The van der Waals surface area contributed by atoms with Crippen molar-refractivity contribution >= 4 is 18.1 Å². The van der Waals surface area contributed by atoms with Crippen LogP contribution in [0.2, 0.25) is 0 Å². The van der Waals surface area contributed by atoms with Gasteiger partial charge in [-0.2, -0.15) is 0 Å². The number of ether oxygens (including phenoxy) is 5. The fourth-order valence-corrected chi connectivity index (χ4v) is 3.07. The van der Waals surface area contributed by atoms with E-state index in [9.17, 15) is 14.4 Å². The summed E-state index contributed by atoms with van der Waals surface area (Å²) in [5.74, 6) is -0.350. The summed E-state index contributed by atoms with van der Waals surface area (Å²) in [5, 5.41) is 0. The highest BCUT2D eigenvalue weighted by molar-refractivity contribution is 6.02. The van der Waals surface area contributed by atoms with Crippen molar-refractivity contribution in [2.75, 3.05) is 27.9 Å². The maximum Gasteiger partial charge on any atom is 0.513 e. The third kappa shape index (κ3) is 5.36. The van der Waals surface area contributed by atoms with E-state index >= 15 is 0 Å². The van der Waals surface area contributed by atoms with Crippen molar-refractivity contribution in [3.63, 3.8) is 0 Å². The van der Waals surface area contributed by atoms with E-state index in [1.54, 1.807) is 0 Å². The first kappa shape index (κ1) is 22.9. The highest BCUT2D eigenvalue weighted by atomic mass is 16.7. The molecule has 8 heteroatoms. The predicted molar refractivity (Wildman–Crippen MR) is 108 cm³/mol. The third-order valence-corrected chi connectivity index (χ3v) is 4.29. The van der Waals surface area contributed by atoms with Crippen LogP contribution >= 0.6 is 0 Å². The number of hydrogen-bond acceptors (Lipinski definition) is 8. The van der Waals surface area contributed by atoms with Crippen LogP contribution in [0.1, 0.15) is 28.4 Å². The summed E-state index contributed by atoms with van der Waals surface area (Å²) in [4.78, 5) is 36.2. The maximum atomic E-state index is 12.6. The Bertz CT molecular complexity index is 948. The van der Waals surface area contributed by atoms with Crippen LogP contribution in [0.4, 0.5) is 9.59 Å². The molecule has 0 saturated heterocycles. The molecular formula is C22H24O8. The first-order valence-corrected chi connectivity index (χ1v) is 9.10. The van der Waals surface area contributed by atoms with Crippen LogP contribution in [0.5, 0.6) is 11.5 Å². The zero-order valence-electron chi connectivity index (χ0n) is 17.6. The van der Waals surface area contributed by atoms with Gasteiger partial charge in [-0.15, -0.1) is 0 Å². The molecule has 2 aromatic rings. The molecule has 0 bridgehead atoms. The van der Waals surface area contributed by atoms with Gasteiger partial charge in [-0.3, -0.25) is 4.79 Å². The highest BCUT2D eigenvalue weighted by Gasteiger charge is 2.26. The third-order valence-electron chi connectivity index (χ3n) is 4.29. The Morgan fingerprint density at radius 3 is 2.07 bits per heavy atom. The van der Waals surface area contributed by atoms with Gasteiger partial charge in [0.05, 0.1) is 26.4 Å². The van der Waals surface area contributed by atoms with Gasteiger partial charge in [-0.25, -0.2) is 9.59 Å². The molecular weight excluding hydrogens is 392 g/mol. The quantitative estimate of drug-likeness (QED) is 0.373. The first-order valence-electron chi connectivity index (χ1n) is 9.10. The molecule has 0 unspecified atom stereocenters. The summed E-state index contributed by atoms with van der Waals surface area (Å²) in [6.07, 6.45) is -1.67. The molecule has 0 N–H and O–H groups in total. The minimum Gasteiger partial charge on any atom is -0.437 e. The monoisotopic (exact) mass is 416 g/mol. The lowest BCUT2D eigenvalue weighted by molar-refractivity contribution is 0.100. The van der Waals surface area contributed by atoms with Crippen LogP contribution in [0, 0.1) is 6.92 Å². The van der Waals surface area contributed by atoms with Crippen molar-refractivity contribution in [3.05, 3.63) is 47.0 Å². The van der Waals surface area contributed by atoms with Crippen molar-refractivity contribution in [1.29, 1.82) is 0 Å². The molecule has 30 heavy (non-hydrogen) atoms. The van der Waals surface area contributed by atoms with Crippen LogP contribution in [0.25, 0.3) is 11.1 Å². The van der Waals surface area contributed by atoms with Crippen molar-refractivity contribution in [2.24, 2.45) is 0 Å². The zero-order valence-corrected chi connectivity index (χ0v) is 17.6. The molecule has 0 aliphatic heterocycles. The second kappa shape index (κ2) is 10.4. The number of benzene rings is 2. The number of rotatable bonds is 7. The number of aryl methyl sites for hydroxylation is 1. The lowest BCUT2D eigenvalue weighted by Crippen LogP contribution is -2.16. The van der Waals surface area contributed by atoms with E-state index in [2.05, 4.69) is 9.47 Å². The van der Waals surface area contributed by atoms with Gasteiger partial charge in [-0.1, -0.05) is 29.8 Å². The van der Waals surface area contributed by atoms with E-state index in [0.717, 1.165) is 12.7 Å². The first-order chi connectivity index (χ1) is 14.3. The van der Waals surface area contributed by atoms with Gasteiger partial charge in [0.2, 0.25) is 0 Å². The van der Waals surface area contributed by atoms with Crippen LogP contribution < -0.4 is 9.47 Å². The van der Waals surface area contributed by atoms with Gasteiger partial charge in [-0.05, 0) is 31.4 Å². The van der Waals surface area contributed by atoms with Crippen molar-refractivity contribution < 1.29 is 38.1 Å². The van der Waals surface area contributed by atoms with Crippen LogP contribution in [-0.2, 0) is 20.6 Å². The Balaban J connectivity index is 2.88. The number of ketones is 1. The van der Waals surface area contributed by atoms with Crippen molar-refractivity contribution in [3.8, 4) is 22.6 Å². The van der Waals surface area contributed by atoms with Crippen molar-refractivity contribution in [2.45, 2.75) is 20.3 Å². The Hall–Kier alpha value is -3.39. The molecule has 0 atom stereocenters. The lowest BCUT2D eigenvalue weighted by Gasteiger charge is -2.20. The molecule has 0 spiro atoms. The smallest absolute Gasteiger partial charge is 0.437 e. The van der Waals surface area contributed by atoms with Crippen LogP contribution in [-0.4, -0.2) is 46.0 Å². The molecule has 2 aromatic carbocycles. The second-order valence-electron chi connectivity index (χ2n) is 6.38. The Kier molecular flexibility index (Phi) is 7.94. The largest absolute Gasteiger partial charge is 0.513 e. The van der Waals surface area contributed by atoms with E-state index in [1.165, 1.54) is 27.2 Å². The molecule has 0 aromatic heterocycles. The summed E-state index contributed by atoms with van der Waals surface area (Å²) in [6, 6.07) is 8.78. The average molecular weight is 416 g/mol. The predicted octanol–water partition coefficient (Wildman–Crippen LogP) is 4.34. The molecule has 0 saturated carbocycles. The van der Waals surface area contributed by atoms with Gasteiger partial charge >= 0.3 is 12.3 Å². The topological polar surface area (TPSA) is 97.4 Å². The summed E-state index contributed by atoms with van der Waals surface area (Å²) in [5.41, 5.74) is 2.87. The Morgan fingerprint density at radius 2 is 1.53 bits per heavy atom. The molecule has 0 fully saturated rings. The molecule has 0 heterocycles. The van der Waals surface area contributed by atoms with Gasteiger partial charge in [0.1, 0.15) is 11.5 Å².